The second-order valence-corrected chi connectivity index (χ2v) is 9.00. The van der Waals surface area contributed by atoms with Gasteiger partial charge in [-0.2, -0.15) is 9.50 Å². The average molecular weight is 462 g/mol. The lowest BCUT2D eigenvalue weighted by Gasteiger charge is -2.13. The molecule has 33 heavy (non-hydrogen) atoms. The smallest absolute Gasteiger partial charge is 0.291 e. The van der Waals surface area contributed by atoms with Gasteiger partial charge >= 0.3 is 0 Å². The van der Waals surface area contributed by atoms with Gasteiger partial charge in [0, 0.05) is 0 Å². The third-order valence-corrected chi connectivity index (χ3v) is 5.90. The van der Waals surface area contributed by atoms with Gasteiger partial charge in [-0.15, -0.1) is 5.10 Å². The van der Waals surface area contributed by atoms with E-state index in [9.17, 15) is 4.79 Å². The lowest BCUT2D eigenvalue weighted by Crippen LogP contribution is -2.23. The zero-order chi connectivity index (χ0) is 23.2. The van der Waals surface area contributed by atoms with Crippen molar-refractivity contribution in [1.29, 1.82) is 0 Å². The number of thiazole rings is 1. The molecule has 0 radical (unpaired) electrons. The molecule has 4 aromatic rings. The summed E-state index contributed by atoms with van der Waals surface area (Å²) in [5, 5.41) is 4.35. The summed E-state index contributed by atoms with van der Waals surface area (Å²) in [5.74, 6) is 2.48. The number of benzene rings is 2. The molecule has 2 heterocycles. The van der Waals surface area contributed by atoms with Gasteiger partial charge < -0.3 is 9.47 Å². The summed E-state index contributed by atoms with van der Waals surface area (Å²) in [5.41, 5.74) is 1.73. The Kier molecular flexibility index (Phi) is 7.19. The number of rotatable bonds is 9. The number of ether oxygens (including phenoxy) is 2. The van der Waals surface area contributed by atoms with Crippen LogP contribution in [0.2, 0.25) is 0 Å². The van der Waals surface area contributed by atoms with Crippen molar-refractivity contribution in [1.82, 2.24) is 14.6 Å². The van der Waals surface area contributed by atoms with Gasteiger partial charge in [-0.3, -0.25) is 4.79 Å². The van der Waals surface area contributed by atoms with E-state index in [0.717, 1.165) is 23.3 Å². The summed E-state index contributed by atoms with van der Waals surface area (Å²) < 4.78 is 13.6. The van der Waals surface area contributed by atoms with Crippen molar-refractivity contribution >= 4 is 34.5 Å². The maximum atomic E-state index is 12.9. The highest BCUT2D eigenvalue weighted by molar-refractivity contribution is 7.15. The van der Waals surface area contributed by atoms with Gasteiger partial charge in [0.05, 0.1) is 17.7 Å². The van der Waals surface area contributed by atoms with Gasteiger partial charge in [0.1, 0.15) is 0 Å². The Morgan fingerprint density at radius 3 is 2.58 bits per heavy atom. The summed E-state index contributed by atoms with van der Waals surface area (Å²) in [6.45, 7) is 7.45. The molecule has 0 N–H and O–H groups in total. The minimum absolute atomic E-state index is 0.183. The van der Waals surface area contributed by atoms with Crippen LogP contribution in [0.4, 0.5) is 0 Å². The molecule has 6 nitrogen and oxygen atoms in total. The zero-order valence-electron chi connectivity index (χ0n) is 19.0. The van der Waals surface area contributed by atoms with Crippen molar-refractivity contribution < 1.29 is 9.47 Å². The summed E-state index contributed by atoms with van der Waals surface area (Å²) in [6, 6.07) is 15.6. The molecule has 7 heteroatoms. The predicted octanol–water partition coefficient (Wildman–Crippen LogP) is 4.69. The Balaban J connectivity index is 1.58. The minimum atomic E-state index is -0.183. The van der Waals surface area contributed by atoms with Crippen LogP contribution in [0, 0.1) is 5.92 Å². The van der Waals surface area contributed by atoms with Crippen LogP contribution in [0.5, 0.6) is 11.5 Å². The van der Waals surface area contributed by atoms with Crippen LogP contribution in [0.25, 0.3) is 23.2 Å². The number of nitrogens with zero attached hydrogens (tertiary/aromatic N) is 3. The van der Waals surface area contributed by atoms with Gasteiger partial charge in [0.15, 0.2) is 17.3 Å². The first-order valence-electron chi connectivity index (χ1n) is 11.1. The first-order valence-corrected chi connectivity index (χ1v) is 11.9. The van der Waals surface area contributed by atoms with Crippen molar-refractivity contribution in [3.05, 3.63) is 80.4 Å². The fourth-order valence-corrected chi connectivity index (χ4v) is 4.13. The monoisotopic (exact) mass is 461 g/mol. The molecule has 0 atom stereocenters. The van der Waals surface area contributed by atoms with Crippen LogP contribution >= 0.6 is 11.3 Å². The Hall–Kier alpha value is -3.45. The molecule has 0 saturated heterocycles. The molecule has 0 aliphatic heterocycles. The molecule has 0 bridgehead atoms. The van der Waals surface area contributed by atoms with E-state index in [1.54, 1.807) is 0 Å². The summed E-state index contributed by atoms with van der Waals surface area (Å²) in [6.07, 6.45) is 6.55. The lowest BCUT2D eigenvalue weighted by molar-refractivity contribution is 0.261. The summed E-state index contributed by atoms with van der Waals surface area (Å²) in [4.78, 5) is 17.9. The minimum Gasteiger partial charge on any atom is -0.490 e. The Morgan fingerprint density at radius 1 is 1.03 bits per heavy atom. The maximum Gasteiger partial charge on any atom is 0.291 e. The molecule has 2 aromatic heterocycles. The van der Waals surface area contributed by atoms with Crippen LogP contribution in [0.1, 0.15) is 44.1 Å². The summed E-state index contributed by atoms with van der Waals surface area (Å²) in [7, 11) is 0. The lowest BCUT2D eigenvalue weighted by atomic mass is 10.1. The first kappa shape index (κ1) is 22.7. The van der Waals surface area contributed by atoms with Crippen molar-refractivity contribution in [3.63, 3.8) is 0 Å². The molecule has 0 unspecified atom stereocenters. The van der Waals surface area contributed by atoms with Gasteiger partial charge in [-0.25, -0.2) is 0 Å². The van der Waals surface area contributed by atoms with E-state index >= 15 is 0 Å². The molecule has 0 aliphatic carbocycles. The van der Waals surface area contributed by atoms with E-state index < -0.39 is 0 Å². The highest BCUT2D eigenvalue weighted by atomic mass is 32.1. The molecule has 4 rings (SSSR count). The molecule has 0 saturated carbocycles. The van der Waals surface area contributed by atoms with Crippen molar-refractivity contribution in [2.75, 3.05) is 13.2 Å². The number of hydrogen-bond donors (Lipinski definition) is 0. The van der Waals surface area contributed by atoms with E-state index in [1.165, 1.54) is 15.9 Å². The van der Waals surface area contributed by atoms with Gasteiger partial charge in [0.25, 0.3) is 5.56 Å². The molecule has 0 amide bonds. The quantitative estimate of drug-likeness (QED) is 0.362. The Bertz CT molecular complexity index is 1360. The fraction of sp³-hybridized carbons (Fsp3) is 0.269. The second-order valence-electron chi connectivity index (χ2n) is 7.99. The average Bonchev–Trinajstić information content (AvgIpc) is 3.33. The van der Waals surface area contributed by atoms with Crippen molar-refractivity contribution in [2.45, 2.75) is 27.2 Å². The summed E-state index contributed by atoms with van der Waals surface area (Å²) >= 11 is 1.32. The van der Waals surface area contributed by atoms with E-state index in [0.29, 0.717) is 40.2 Å². The van der Waals surface area contributed by atoms with Gasteiger partial charge in [0.2, 0.25) is 4.96 Å². The molecule has 0 fully saturated rings. The standard InChI is InChI=1S/C26H27N3O3S/c1-4-31-22-16-20(10-12-21(22)32-15-14-18(2)3)17-23-25(30)29-26(33-23)27-24(28-29)13-11-19-8-6-5-7-9-19/h5-13,16-18H,4,14-15H2,1-3H3. The van der Waals surface area contributed by atoms with Crippen LogP contribution in [0.15, 0.2) is 53.3 Å². The molecule has 0 spiro atoms. The van der Waals surface area contributed by atoms with E-state index in [2.05, 4.69) is 23.9 Å². The SMILES string of the molecule is CCOc1cc(C=c2sc3nc(C=Cc4ccccc4)nn3c2=O)ccc1OCCC(C)C. The number of fused-ring (bicyclic) bond motifs is 1. The molecular weight excluding hydrogens is 434 g/mol. The van der Waals surface area contributed by atoms with E-state index in [-0.39, 0.29) is 5.56 Å². The van der Waals surface area contributed by atoms with Crippen LogP contribution in [-0.2, 0) is 0 Å². The van der Waals surface area contributed by atoms with Crippen molar-refractivity contribution in [2.24, 2.45) is 5.92 Å². The molecule has 2 aromatic carbocycles. The zero-order valence-corrected chi connectivity index (χ0v) is 19.8. The first-order chi connectivity index (χ1) is 16.0. The largest absolute Gasteiger partial charge is 0.490 e. The normalized spacial score (nSPS) is 12.3. The maximum absolute atomic E-state index is 12.9. The van der Waals surface area contributed by atoms with Crippen LogP contribution in [-0.4, -0.2) is 27.8 Å². The van der Waals surface area contributed by atoms with Crippen LogP contribution < -0.4 is 19.6 Å². The topological polar surface area (TPSA) is 65.7 Å². The molecule has 0 aliphatic rings. The highest BCUT2D eigenvalue weighted by Crippen LogP contribution is 2.29. The molecular formula is C26H27N3O3S. The van der Waals surface area contributed by atoms with Gasteiger partial charge in [-0.05, 0) is 54.7 Å². The third-order valence-electron chi connectivity index (χ3n) is 4.94. The van der Waals surface area contributed by atoms with Crippen molar-refractivity contribution in [3.8, 4) is 11.5 Å². The fourth-order valence-electron chi connectivity index (χ4n) is 3.21. The Labute approximate surface area is 196 Å². The Morgan fingerprint density at radius 2 is 1.85 bits per heavy atom. The third kappa shape index (κ3) is 5.68. The van der Waals surface area contributed by atoms with Gasteiger partial charge in [-0.1, -0.05) is 67.7 Å². The molecule has 170 valence electrons. The second kappa shape index (κ2) is 10.4. The predicted molar refractivity (Wildman–Crippen MR) is 134 cm³/mol. The van der Waals surface area contributed by atoms with E-state index in [4.69, 9.17) is 9.47 Å². The number of hydrogen-bond acceptors (Lipinski definition) is 6. The van der Waals surface area contributed by atoms with Crippen LogP contribution in [0.3, 0.4) is 0 Å². The highest BCUT2D eigenvalue weighted by Gasteiger charge is 2.10. The number of aromatic nitrogens is 3. The van der Waals surface area contributed by atoms with E-state index in [1.807, 2.05) is 73.7 Å².